The summed E-state index contributed by atoms with van der Waals surface area (Å²) in [6.45, 7) is 1.78. The maximum absolute atomic E-state index is 13.9. The smallest absolute Gasteiger partial charge is 0.382 e. The minimum atomic E-state index is -4.70. The summed E-state index contributed by atoms with van der Waals surface area (Å²) in [5.41, 5.74) is -1.25. The van der Waals surface area contributed by atoms with Crippen LogP contribution in [-0.2, 0) is 16.2 Å². The fraction of sp³-hybridized carbons (Fsp3) is 0.148. The molecule has 2 aromatic carbocycles. The second-order valence-electron chi connectivity index (χ2n) is 8.73. The molecule has 0 spiro atoms. The number of rotatable bonds is 6. The predicted octanol–water partition coefficient (Wildman–Crippen LogP) is 5.42. The summed E-state index contributed by atoms with van der Waals surface area (Å²) in [5.74, 6) is -0.858. The Balaban J connectivity index is 2.06. The molecule has 2 heterocycles. The van der Waals surface area contributed by atoms with Crippen molar-refractivity contribution in [2.45, 2.75) is 18.0 Å². The Morgan fingerprint density at radius 2 is 1.76 bits per heavy atom. The van der Waals surface area contributed by atoms with Gasteiger partial charge in [-0.2, -0.15) is 18.4 Å². The molecule has 0 unspecified atom stereocenters. The summed E-state index contributed by atoms with van der Waals surface area (Å²) in [5, 5.41) is 9.86. The topological polar surface area (TPSA) is 96.1 Å². The van der Waals surface area contributed by atoms with E-state index >= 15 is 0 Å². The van der Waals surface area contributed by atoms with Crippen molar-refractivity contribution in [3.63, 3.8) is 0 Å². The highest BCUT2D eigenvalue weighted by Gasteiger charge is 2.35. The number of benzene rings is 2. The summed E-state index contributed by atoms with van der Waals surface area (Å²) < 4.78 is 69.5. The Morgan fingerprint density at radius 1 is 1.08 bits per heavy atom. The average Bonchev–Trinajstić information content (AvgIpc) is 3.26. The van der Waals surface area contributed by atoms with E-state index in [4.69, 9.17) is 0 Å². The van der Waals surface area contributed by atoms with Gasteiger partial charge in [0, 0.05) is 37.4 Å². The molecule has 0 N–H and O–H groups in total. The van der Waals surface area contributed by atoms with Gasteiger partial charge in [0.15, 0.2) is 0 Å². The van der Waals surface area contributed by atoms with Crippen molar-refractivity contribution in [2.75, 3.05) is 14.1 Å². The molecule has 194 valence electrons. The maximum atomic E-state index is 13.9. The lowest BCUT2D eigenvalue weighted by molar-refractivity contribution is -0.137. The minimum Gasteiger partial charge on any atom is -0.382 e. The molecule has 0 amide bonds. The first-order valence-corrected chi connectivity index (χ1v) is 12.6. The van der Waals surface area contributed by atoms with Crippen molar-refractivity contribution >= 4 is 26.7 Å². The molecule has 7 nitrogen and oxygen atoms in total. The van der Waals surface area contributed by atoms with Gasteiger partial charge in [0.2, 0.25) is 5.78 Å². The number of aromatic nitrogens is 2. The van der Waals surface area contributed by atoms with Crippen molar-refractivity contribution in [3.05, 3.63) is 95.5 Å². The number of allylic oxidation sites excluding steroid dienone is 1. The Bertz CT molecular complexity index is 1730. The van der Waals surface area contributed by atoms with Crippen LogP contribution in [0.3, 0.4) is 0 Å². The fourth-order valence-corrected chi connectivity index (χ4v) is 5.46. The van der Waals surface area contributed by atoms with Crippen LogP contribution in [0.25, 0.3) is 22.2 Å². The molecule has 38 heavy (non-hydrogen) atoms. The SMILES string of the molecule is Cc1ccc(S(=O)(=O)n2c(C(=O)C(C#N)=CN(C)C)cc3ccc(-c4ncccc4C(F)(F)F)cc32)cc1. The van der Waals surface area contributed by atoms with Crippen molar-refractivity contribution < 1.29 is 26.4 Å². The Kier molecular flexibility index (Phi) is 6.86. The Hall–Kier alpha value is -4.43. The van der Waals surface area contributed by atoms with E-state index in [0.717, 1.165) is 21.7 Å². The van der Waals surface area contributed by atoms with E-state index in [0.29, 0.717) is 0 Å². The third-order valence-electron chi connectivity index (χ3n) is 5.69. The number of carbonyl (C=O) groups excluding carboxylic acids is 1. The number of ketones is 1. The van der Waals surface area contributed by atoms with Gasteiger partial charge < -0.3 is 4.90 Å². The zero-order valence-corrected chi connectivity index (χ0v) is 21.3. The van der Waals surface area contributed by atoms with Crippen LogP contribution >= 0.6 is 0 Å². The van der Waals surface area contributed by atoms with E-state index in [1.54, 1.807) is 39.2 Å². The van der Waals surface area contributed by atoms with Gasteiger partial charge in [0.05, 0.1) is 21.7 Å². The highest BCUT2D eigenvalue weighted by Crippen LogP contribution is 2.37. The van der Waals surface area contributed by atoms with Gasteiger partial charge in [-0.25, -0.2) is 12.4 Å². The number of aryl methyl sites for hydroxylation is 1. The van der Waals surface area contributed by atoms with E-state index in [1.807, 2.05) is 0 Å². The summed E-state index contributed by atoms with van der Waals surface area (Å²) in [6.07, 6.45) is -2.23. The van der Waals surface area contributed by atoms with Gasteiger partial charge in [-0.05, 0) is 43.3 Å². The van der Waals surface area contributed by atoms with Crippen LogP contribution in [0.1, 0.15) is 21.6 Å². The van der Waals surface area contributed by atoms with Crippen LogP contribution in [0.5, 0.6) is 0 Å². The molecule has 0 bridgehead atoms. The molecule has 4 aromatic rings. The van der Waals surface area contributed by atoms with Crippen LogP contribution in [0.15, 0.2) is 83.5 Å². The van der Waals surface area contributed by atoms with Gasteiger partial charge in [-0.1, -0.05) is 29.8 Å². The highest BCUT2D eigenvalue weighted by molar-refractivity contribution is 7.90. The molecule has 0 atom stereocenters. The normalized spacial score (nSPS) is 12.4. The van der Waals surface area contributed by atoms with Gasteiger partial charge in [-0.3, -0.25) is 9.78 Å². The molecule has 0 aliphatic rings. The molecule has 11 heteroatoms. The van der Waals surface area contributed by atoms with E-state index in [2.05, 4.69) is 4.98 Å². The van der Waals surface area contributed by atoms with E-state index in [9.17, 15) is 31.6 Å². The van der Waals surface area contributed by atoms with E-state index in [-0.39, 0.29) is 38.3 Å². The summed E-state index contributed by atoms with van der Waals surface area (Å²) in [4.78, 5) is 18.6. The summed E-state index contributed by atoms with van der Waals surface area (Å²) in [6, 6.07) is 15.1. The molecule has 0 fully saturated rings. The maximum Gasteiger partial charge on any atom is 0.418 e. The number of alkyl halides is 3. The van der Waals surface area contributed by atoms with Crippen molar-refractivity contribution in [2.24, 2.45) is 0 Å². The number of nitrogens with zero attached hydrogens (tertiary/aromatic N) is 4. The zero-order valence-electron chi connectivity index (χ0n) is 20.5. The third-order valence-corrected chi connectivity index (χ3v) is 7.43. The number of fused-ring (bicyclic) bond motifs is 1. The zero-order chi connectivity index (χ0) is 27.8. The summed E-state index contributed by atoms with van der Waals surface area (Å²) in [7, 11) is -1.22. The van der Waals surface area contributed by atoms with Crippen molar-refractivity contribution in [3.8, 4) is 17.3 Å². The number of nitriles is 1. The molecule has 0 saturated carbocycles. The number of hydrogen-bond donors (Lipinski definition) is 0. The van der Waals surface area contributed by atoms with Crippen molar-refractivity contribution in [1.29, 1.82) is 5.26 Å². The van der Waals surface area contributed by atoms with Crippen LogP contribution < -0.4 is 0 Å². The molecule has 0 saturated heterocycles. The first kappa shape index (κ1) is 26.6. The van der Waals surface area contributed by atoms with E-state index < -0.39 is 27.5 Å². The number of carbonyl (C=O) groups is 1. The van der Waals surface area contributed by atoms with Gasteiger partial charge in [-0.15, -0.1) is 0 Å². The number of pyridine rings is 1. The van der Waals surface area contributed by atoms with Crippen LogP contribution in [-0.4, -0.2) is 42.2 Å². The van der Waals surface area contributed by atoms with Gasteiger partial charge >= 0.3 is 6.18 Å². The highest BCUT2D eigenvalue weighted by atomic mass is 32.2. The summed E-state index contributed by atoms with van der Waals surface area (Å²) >= 11 is 0. The second kappa shape index (κ2) is 9.79. The first-order valence-electron chi connectivity index (χ1n) is 11.2. The third kappa shape index (κ3) is 4.90. The lowest BCUT2D eigenvalue weighted by atomic mass is 10.0. The fourth-order valence-electron chi connectivity index (χ4n) is 3.96. The number of halogens is 3. The van der Waals surface area contributed by atoms with Gasteiger partial charge in [0.25, 0.3) is 10.0 Å². The number of hydrogen-bond acceptors (Lipinski definition) is 6. The molecule has 0 radical (unpaired) electrons. The molecule has 0 aliphatic heterocycles. The van der Waals surface area contributed by atoms with Gasteiger partial charge in [0.1, 0.15) is 17.3 Å². The minimum absolute atomic E-state index is 0.00669. The molecule has 0 aliphatic carbocycles. The predicted molar refractivity (Wildman–Crippen MR) is 136 cm³/mol. The second-order valence-corrected chi connectivity index (χ2v) is 10.5. The Labute approximate surface area is 217 Å². The molecular weight excluding hydrogens is 517 g/mol. The standard InChI is InChI=1S/C27H21F3N4O3S/c1-17-6-10-21(11-7-17)38(36,37)34-23-14-19(25-22(27(28,29)30)5-4-12-32-25)9-8-18(23)13-24(34)26(35)20(15-31)16-33(2)3/h4-14,16H,1-3H3. The number of Topliss-reactive ketones (excluding diaryl/α,β-unsaturated/α-hetero) is 1. The monoisotopic (exact) mass is 538 g/mol. The van der Waals surface area contributed by atoms with Crippen LogP contribution in [0, 0.1) is 18.3 Å². The average molecular weight is 539 g/mol. The van der Waals surface area contributed by atoms with E-state index in [1.165, 1.54) is 53.7 Å². The quantitative estimate of drug-likeness (QED) is 0.185. The van der Waals surface area contributed by atoms with Crippen molar-refractivity contribution in [1.82, 2.24) is 13.9 Å². The largest absolute Gasteiger partial charge is 0.418 e. The molecule has 4 rings (SSSR count). The Morgan fingerprint density at radius 3 is 2.37 bits per heavy atom. The van der Waals surface area contributed by atoms with Crippen LogP contribution in [0.2, 0.25) is 0 Å². The van der Waals surface area contributed by atoms with Crippen LogP contribution in [0.4, 0.5) is 13.2 Å². The first-order chi connectivity index (χ1) is 17.8. The molecule has 2 aromatic heterocycles. The lowest BCUT2D eigenvalue weighted by Gasteiger charge is -2.14. The lowest BCUT2D eigenvalue weighted by Crippen LogP contribution is -2.20. The molecular formula is C27H21F3N4O3S.